The number of ether oxygens (including phenoxy) is 1. The van der Waals surface area contributed by atoms with E-state index in [-0.39, 0.29) is 30.3 Å². The molecule has 8 heteroatoms. The van der Waals surface area contributed by atoms with Gasteiger partial charge in [-0.1, -0.05) is 11.6 Å². The first kappa shape index (κ1) is 20.8. The van der Waals surface area contributed by atoms with Gasteiger partial charge in [0, 0.05) is 24.2 Å². The van der Waals surface area contributed by atoms with Crippen molar-refractivity contribution in [1.82, 2.24) is 15.5 Å². The fraction of sp³-hybridized carbons (Fsp3) is 0.556. The van der Waals surface area contributed by atoms with Gasteiger partial charge in [-0.25, -0.2) is 0 Å². The number of benzene rings is 1. The molecule has 26 heavy (non-hydrogen) atoms. The highest BCUT2D eigenvalue weighted by atomic mass is 35.5. The first-order valence-corrected chi connectivity index (χ1v) is 9.13. The Balaban J connectivity index is 0.00000243. The number of hydrogen-bond donors (Lipinski definition) is 2. The molecule has 1 unspecified atom stereocenters. The Morgan fingerprint density at radius 2 is 2.12 bits per heavy atom. The fourth-order valence-corrected chi connectivity index (χ4v) is 3.73. The Labute approximate surface area is 165 Å². The quantitative estimate of drug-likeness (QED) is 0.811. The van der Waals surface area contributed by atoms with Gasteiger partial charge in [0.1, 0.15) is 11.8 Å². The smallest absolute Gasteiger partial charge is 0.258 e. The third-order valence-corrected chi connectivity index (χ3v) is 5.09. The molecule has 2 N–H and O–H groups in total. The summed E-state index contributed by atoms with van der Waals surface area (Å²) in [5, 5.41) is 6.84. The summed E-state index contributed by atoms with van der Waals surface area (Å²) in [6.45, 7) is 2.35. The molecule has 0 aliphatic carbocycles. The van der Waals surface area contributed by atoms with E-state index in [4.69, 9.17) is 16.3 Å². The monoisotopic (exact) mass is 401 g/mol. The van der Waals surface area contributed by atoms with Crippen molar-refractivity contribution in [2.75, 3.05) is 26.7 Å². The van der Waals surface area contributed by atoms with E-state index >= 15 is 0 Å². The first-order valence-electron chi connectivity index (χ1n) is 8.75. The number of hydrogen-bond acceptors (Lipinski definition) is 4. The third-order valence-electron chi connectivity index (χ3n) is 4.85. The zero-order valence-corrected chi connectivity index (χ0v) is 16.4. The topological polar surface area (TPSA) is 70.7 Å². The second-order valence-electron chi connectivity index (χ2n) is 6.55. The highest BCUT2D eigenvalue weighted by Crippen LogP contribution is 2.27. The minimum absolute atomic E-state index is 0. The maximum Gasteiger partial charge on any atom is 0.258 e. The maximum atomic E-state index is 13.0. The predicted molar refractivity (Wildman–Crippen MR) is 103 cm³/mol. The molecule has 6 nitrogen and oxygen atoms in total. The van der Waals surface area contributed by atoms with Gasteiger partial charge < -0.3 is 20.3 Å². The minimum Gasteiger partial charge on any atom is -0.496 e. The number of halogens is 2. The number of likely N-dealkylation sites (tertiary alicyclic amines) is 1. The number of carbonyl (C=O) groups excluding carboxylic acids is 2. The van der Waals surface area contributed by atoms with Gasteiger partial charge in [0.15, 0.2) is 0 Å². The molecule has 3 rings (SSSR count). The third kappa shape index (κ3) is 4.61. The van der Waals surface area contributed by atoms with Crippen LogP contribution in [-0.4, -0.2) is 55.5 Å². The van der Waals surface area contributed by atoms with Crippen LogP contribution in [0.2, 0.25) is 5.02 Å². The van der Waals surface area contributed by atoms with E-state index in [1.807, 2.05) is 0 Å². The Morgan fingerprint density at radius 3 is 2.81 bits per heavy atom. The molecule has 2 heterocycles. The molecule has 2 amide bonds. The molecule has 2 fully saturated rings. The number of carbonyl (C=O) groups is 2. The largest absolute Gasteiger partial charge is 0.496 e. The summed E-state index contributed by atoms with van der Waals surface area (Å²) in [5.74, 6) is 0.191. The van der Waals surface area contributed by atoms with Crippen LogP contribution in [-0.2, 0) is 4.79 Å². The van der Waals surface area contributed by atoms with Crippen molar-refractivity contribution in [2.24, 2.45) is 0 Å². The van der Waals surface area contributed by atoms with Gasteiger partial charge in [0.25, 0.3) is 5.91 Å². The lowest BCUT2D eigenvalue weighted by Crippen LogP contribution is -2.52. The summed E-state index contributed by atoms with van der Waals surface area (Å²) in [7, 11) is 1.52. The van der Waals surface area contributed by atoms with Crippen LogP contribution in [0.15, 0.2) is 18.2 Å². The summed E-state index contributed by atoms with van der Waals surface area (Å²) in [4.78, 5) is 27.3. The van der Waals surface area contributed by atoms with Gasteiger partial charge in [-0.2, -0.15) is 0 Å². The molecular weight excluding hydrogens is 377 g/mol. The normalized spacial score (nSPS) is 22.5. The summed E-state index contributed by atoms with van der Waals surface area (Å²) >= 11 is 6.04. The standard InChI is InChI=1S/C18H24ClN3O3.ClH/c1-25-16-7-6-12(19)10-14(16)18(24)22-9-3-5-15(22)17(23)21-13-4-2-8-20-11-13;/h6-7,10,13,15,20H,2-5,8-9,11H2,1H3,(H,21,23);1H/t13-,15?;/m0./s1. The zero-order valence-electron chi connectivity index (χ0n) is 14.8. The van der Waals surface area contributed by atoms with E-state index < -0.39 is 6.04 Å². The van der Waals surface area contributed by atoms with E-state index in [2.05, 4.69) is 10.6 Å². The molecule has 0 radical (unpaired) electrons. The van der Waals surface area contributed by atoms with E-state index in [1.54, 1.807) is 23.1 Å². The van der Waals surface area contributed by atoms with Crippen LogP contribution in [0.1, 0.15) is 36.0 Å². The molecule has 144 valence electrons. The number of methoxy groups -OCH3 is 1. The van der Waals surface area contributed by atoms with Crippen LogP contribution in [0, 0.1) is 0 Å². The summed E-state index contributed by atoms with van der Waals surface area (Å²) in [6.07, 6.45) is 3.52. The van der Waals surface area contributed by atoms with Crippen molar-refractivity contribution in [1.29, 1.82) is 0 Å². The maximum absolute atomic E-state index is 13.0. The first-order chi connectivity index (χ1) is 12.1. The SMILES string of the molecule is COc1ccc(Cl)cc1C(=O)N1CCCC1C(=O)N[C@H]1CCCNC1.Cl. The van der Waals surface area contributed by atoms with Crippen LogP contribution in [0.25, 0.3) is 0 Å². The van der Waals surface area contributed by atoms with Crippen LogP contribution < -0.4 is 15.4 Å². The highest BCUT2D eigenvalue weighted by Gasteiger charge is 2.36. The van der Waals surface area contributed by atoms with Crippen LogP contribution in [0.3, 0.4) is 0 Å². The van der Waals surface area contributed by atoms with E-state index in [9.17, 15) is 9.59 Å². The van der Waals surface area contributed by atoms with Crippen molar-refractivity contribution in [3.63, 3.8) is 0 Å². The van der Waals surface area contributed by atoms with Crippen molar-refractivity contribution in [3.8, 4) is 5.75 Å². The molecule has 2 atom stereocenters. The zero-order chi connectivity index (χ0) is 17.8. The van der Waals surface area contributed by atoms with E-state index in [1.165, 1.54) is 7.11 Å². The average Bonchev–Trinajstić information content (AvgIpc) is 3.12. The molecule has 2 saturated heterocycles. The fourth-order valence-electron chi connectivity index (χ4n) is 3.56. The van der Waals surface area contributed by atoms with Crippen molar-refractivity contribution < 1.29 is 14.3 Å². The molecule has 2 aliphatic heterocycles. The van der Waals surface area contributed by atoms with E-state index in [0.717, 1.165) is 32.4 Å². The lowest BCUT2D eigenvalue weighted by Gasteiger charge is -2.29. The molecule has 1 aromatic carbocycles. The molecule has 0 aromatic heterocycles. The molecular formula is C18H25Cl2N3O3. The van der Waals surface area contributed by atoms with Gasteiger partial charge in [-0.05, 0) is 50.4 Å². The summed E-state index contributed by atoms with van der Waals surface area (Å²) in [6, 6.07) is 4.66. The number of amides is 2. The molecule has 2 aliphatic rings. The number of piperidine rings is 1. The van der Waals surface area contributed by atoms with Crippen LogP contribution >= 0.6 is 24.0 Å². The lowest BCUT2D eigenvalue weighted by molar-refractivity contribution is -0.125. The van der Waals surface area contributed by atoms with Gasteiger partial charge in [-0.15, -0.1) is 12.4 Å². The van der Waals surface area contributed by atoms with Gasteiger partial charge >= 0.3 is 0 Å². The Morgan fingerprint density at radius 1 is 1.31 bits per heavy atom. The van der Waals surface area contributed by atoms with E-state index in [0.29, 0.717) is 29.3 Å². The molecule has 0 saturated carbocycles. The number of nitrogens with zero attached hydrogens (tertiary/aromatic N) is 1. The molecule has 0 spiro atoms. The Kier molecular flexibility index (Phi) is 7.55. The summed E-state index contributed by atoms with van der Waals surface area (Å²) in [5.41, 5.74) is 0.397. The lowest BCUT2D eigenvalue weighted by atomic mass is 10.1. The average molecular weight is 402 g/mol. The Hall–Kier alpha value is -1.50. The van der Waals surface area contributed by atoms with Gasteiger partial charge in [-0.3, -0.25) is 9.59 Å². The van der Waals surface area contributed by atoms with Gasteiger partial charge in [0.2, 0.25) is 5.91 Å². The minimum atomic E-state index is -0.432. The Bertz CT molecular complexity index is 651. The van der Waals surface area contributed by atoms with Crippen LogP contribution in [0.5, 0.6) is 5.75 Å². The summed E-state index contributed by atoms with van der Waals surface area (Å²) < 4.78 is 5.28. The van der Waals surface area contributed by atoms with Crippen molar-refractivity contribution >= 4 is 35.8 Å². The van der Waals surface area contributed by atoms with Gasteiger partial charge in [0.05, 0.1) is 12.7 Å². The van der Waals surface area contributed by atoms with Crippen molar-refractivity contribution in [3.05, 3.63) is 28.8 Å². The number of rotatable bonds is 4. The predicted octanol–water partition coefficient (Wildman–Crippen LogP) is 2.24. The van der Waals surface area contributed by atoms with Crippen LogP contribution in [0.4, 0.5) is 0 Å². The second-order valence-corrected chi connectivity index (χ2v) is 6.99. The molecule has 0 bridgehead atoms. The molecule has 1 aromatic rings. The van der Waals surface area contributed by atoms with Crippen molar-refractivity contribution in [2.45, 2.75) is 37.8 Å². The second kappa shape index (κ2) is 9.44. The number of nitrogens with one attached hydrogen (secondary N) is 2. The highest BCUT2D eigenvalue weighted by molar-refractivity contribution is 6.31.